The smallest absolute Gasteiger partial charge is 0.311 e. The minimum atomic E-state index is -0.656. The third kappa shape index (κ3) is 3.18. The number of rotatable bonds is 3. The molecule has 1 aliphatic rings. The minimum absolute atomic E-state index is 0.00841. The summed E-state index contributed by atoms with van der Waals surface area (Å²) in [7, 11) is 0. The molecule has 2 rings (SSSR count). The fraction of sp³-hybridized carbons (Fsp3) is 0.467. The summed E-state index contributed by atoms with van der Waals surface area (Å²) in [4.78, 5) is 24.0. The van der Waals surface area contributed by atoms with Crippen LogP contribution in [0.3, 0.4) is 0 Å². The Labute approximate surface area is 127 Å². The molecule has 1 saturated heterocycles. The fourth-order valence-electron chi connectivity index (χ4n) is 2.83. The van der Waals surface area contributed by atoms with E-state index in [0.29, 0.717) is 0 Å². The zero-order chi connectivity index (χ0) is 15.6. The maximum atomic E-state index is 14.1. The molecule has 0 aromatic heterocycles. The molecule has 0 aliphatic carbocycles. The quantitative estimate of drug-likeness (QED) is 0.873. The molecule has 1 fully saturated rings. The van der Waals surface area contributed by atoms with E-state index >= 15 is 0 Å². The van der Waals surface area contributed by atoms with E-state index in [1.165, 1.54) is 12.1 Å². The van der Waals surface area contributed by atoms with Gasteiger partial charge in [-0.3, -0.25) is 9.59 Å². The number of carbonyl (C=O) groups is 2. The second-order valence-corrected chi connectivity index (χ2v) is 5.49. The Morgan fingerprint density at radius 1 is 1.52 bits per heavy atom. The molecule has 0 saturated carbocycles. The third-order valence-corrected chi connectivity index (χ3v) is 4.02. The van der Waals surface area contributed by atoms with E-state index in [-0.39, 0.29) is 29.5 Å². The molecular formula is C15H17ClFNO3. The second kappa shape index (κ2) is 6.43. The van der Waals surface area contributed by atoms with E-state index in [1.807, 2.05) is 0 Å². The summed E-state index contributed by atoms with van der Waals surface area (Å²) in [5.74, 6) is -2.47. The van der Waals surface area contributed by atoms with Crippen LogP contribution in [0.5, 0.6) is 0 Å². The van der Waals surface area contributed by atoms with Gasteiger partial charge in [-0.15, -0.1) is 0 Å². The number of nitrogens with one attached hydrogen (secondary N) is 1. The number of benzene rings is 1. The van der Waals surface area contributed by atoms with Crippen molar-refractivity contribution >= 4 is 23.5 Å². The lowest BCUT2D eigenvalue weighted by molar-refractivity contribution is -0.151. The molecule has 0 radical (unpaired) electrons. The summed E-state index contributed by atoms with van der Waals surface area (Å²) < 4.78 is 19.2. The zero-order valence-corrected chi connectivity index (χ0v) is 12.6. The topological polar surface area (TPSA) is 55.4 Å². The molecule has 0 spiro atoms. The van der Waals surface area contributed by atoms with E-state index < -0.39 is 29.7 Å². The first-order chi connectivity index (χ1) is 9.95. The molecule has 1 heterocycles. The molecule has 0 bridgehead atoms. The van der Waals surface area contributed by atoms with Gasteiger partial charge < -0.3 is 10.1 Å². The summed E-state index contributed by atoms with van der Waals surface area (Å²) in [5.41, 5.74) is 0.207. The molecule has 1 amide bonds. The van der Waals surface area contributed by atoms with Crippen LogP contribution >= 0.6 is 11.6 Å². The highest BCUT2D eigenvalue weighted by Crippen LogP contribution is 2.39. The SMILES string of the molecule is CCOC(=O)[C@H]1[C@H](C)NC(=O)C[C@@H]1c1c(F)cccc1Cl. The number of esters is 1. The van der Waals surface area contributed by atoms with Crippen LogP contribution in [-0.2, 0) is 14.3 Å². The Hall–Kier alpha value is -1.62. The van der Waals surface area contributed by atoms with Crippen LogP contribution in [0, 0.1) is 11.7 Å². The predicted octanol–water partition coefficient (Wildman–Crippen LogP) is 2.65. The fourth-order valence-corrected chi connectivity index (χ4v) is 3.13. The molecule has 3 atom stereocenters. The molecular weight excluding hydrogens is 297 g/mol. The average Bonchev–Trinajstić information content (AvgIpc) is 2.37. The number of piperidine rings is 1. The molecule has 1 aromatic rings. The van der Waals surface area contributed by atoms with Crippen LogP contribution in [0.1, 0.15) is 31.7 Å². The summed E-state index contributed by atoms with van der Waals surface area (Å²) in [6, 6.07) is 3.89. The summed E-state index contributed by atoms with van der Waals surface area (Å²) in [5, 5.41) is 2.92. The molecule has 114 valence electrons. The van der Waals surface area contributed by atoms with Crippen LogP contribution in [0.4, 0.5) is 4.39 Å². The molecule has 1 N–H and O–H groups in total. The highest BCUT2D eigenvalue weighted by Gasteiger charge is 2.42. The lowest BCUT2D eigenvalue weighted by atomic mass is 9.76. The molecule has 21 heavy (non-hydrogen) atoms. The van der Waals surface area contributed by atoms with Crippen LogP contribution in [0.25, 0.3) is 0 Å². The van der Waals surface area contributed by atoms with E-state index in [9.17, 15) is 14.0 Å². The Bertz CT molecular complexity index is 544. The minimum Gasteiger partial charge on any atom is -0.466 e. The summed E-state index contributed by atoms with van der Waals surface area (Å²) in [6.07, 6.45) is 0.00841. The molecule has 0 unspecified atom stereocenters. The number of halogens is 2. The van der Waals surface area contributed by atoms with Crippen molar-refractivity contribution in [3.05, 3.63) is 34.6 Å². The second-order valence-electron chi connectivity index (χ2n) is 5.08. The van der Waals surface area contributed by atoms with Gasteiger partial charge in [0.25, 0.3) is 0 Å². The number of amides is 1. The third-order valence-electron chi connectivity index (χ3n) is 3.70. The van der Waals surface area contributed by atoms with Crippen LogP contribution in [-0.4, -0.2) is 24.5 Å². The van der Waals surface area contributed by atoms with Crippen molar-refractivity contribution in [1.29, 1.82) is 0 Å². The number of hydrogen-bond acceptors (Lipinski definition) is 3. The van der Waals surface area contributed by atoms with Crippen molar-refractivity contribution < 1.29 is 18.7 Å². The van der Waals surface area contributed by atoms with Crippen molar-refractivity contribution in [2.75, 3.05) is 6.61 Å². The van der Waals surface area contributed by atoms with Crippen LogP contribution < -0.4 is 5.32 Å². The standard InChI is InChI=1S/C15H17ClFNO3/c1-3-21-15(20)13-8(2)18-12(19)7-9(13)14-10(16)5-4-6-11(14)17/h4-6,8-9,13H,3,7H2,1-2H3,(H,18,19)/t8-,9-,13-/m0/s1. The van der Waals surface area contributed by atoms with Gasteiger partial charge in [0.2, 0.25) is 5.91 Å². The highest BCUT2D eigenvalue weighted by atomic mass is 35.5. The van der Waals surface area contributed by atoms with Gasteiger partial charge in [0.05, 0.1) is 12.5 Å². The van der Waals surface area contributed by atoms with Crippen LogP contribution in [0.2, 0.25) is 5.02 Å². The van der Waals surface area contributed by atoms with Gasteiger partial charge in [0, 0.05) is 29.0 Å². The molecule has 6 heteroatoms. The zero-order valence-electron chi connectivity index (χ0n) is 11.9. The Morgan fingerprint density at radius 2 is 2.24 bits per heavy atom. The summed E-state index contributed by atoms with van der Waals surface area (Å²) >= 11 is 6.08. The van der Waals surface area contributed by atoms with E-state index in [1.54, 1.807) is 19.9 Å². The largest absolute Gasteiger partial charge is 0.466 e. The monoisotopic (exact) mass is 313 g/mol. The maximum Gasteiger partial charge on any atom is 0.311 e. The van der Waals surface area contributed by atoms with Crippen molar-refractivity contribution in [2.45, 2.75) is 32.2 Å². The van der Waals surface area contributed by atoms with Crippen molar-refractivity contribution in [3.8, 4) is 0 Å². The summed E-state index contributed by atoms with van der Waals surface area (Å²) in [6.45, 7) is 3.64. The van der Waals surface area contributed by atoms with Crippen molar-refractivity contribution in [3.63, 3.8) is 0 Å². The van der Waals surface area contributed by atoms with Gasteiger partial charge in [-0.25, -0.2) is 4.39 Å². The Balaban J connectivity index is 2.45. The average molecular weight is 314 g/mol. The Morgan fingerprint density at radius 3 is 2.86 bits per heavy atom. The van der Waals surface area contributed by atoms with Gasteiger partial charge >= 0.3 is 5.97 Å². The van der Waals surface area contributed by atoms with Crippen molar-refractivity contribution in [2.24, 2.45) is 5.92 Å². The highest BCUT2D eigenvalue weighted by molar-refractivity contribution is 6.31. The van der Waals surface area contributed by atoms with Gasteiger partial charge in [-0.05, 0) is 26.0 Å². The number of ether oxygens (including phenoxy) is 1. The van der Waals surface area contributed by atoms with Gasteiger partial charge in [0.15, 0.2) is 0 Å². The first-order valence-electron chi connectivity index (χ1n) is 6.85. The predicted molar refractivity (Wildman–Crippen MR) is 76.5 cm³/mol. The van der Waals surface area contributed by atoms with Crippen molar-refractivity contribution in [1.82, 2.24) is 5.32 Å². The van der Waals surface area contributed by atoms with Gasteiger partial charge in [0.1, 0.15) is 5.82 Å². The van der Waals surface area contributed by atoms with Gasteiger partial charge in [-0.2, -0.15) is 0 Å². The lowest BCUT2D eigenvalue weighted by Gasteiger charge is -2.35. The first kappa shape index (κ1) is 15.8. The number of carbonyl (C=O) groups excluding carboxylic acids is 2. The van der Waals surface area contributed by atoms with E-state index in [4.69, 9.17) is 16.3 Å². The van der Waals surface area contributed by atoms with Crippen LogP contribution in [0.15, 0.2) is 18.2 Å². The van der Waals surface area contributed by atoms with E-state index in [2.05, 4.69) is 5.32 Å². The Kier molecular flexibility index (Phi) is 4.83. The maximum absolute atomic E-state index is 14.1. The molecule has 1 aliphatic heterocycles. The molecule has 1 aromatic carbocycles. The van der Waals surface area contributed by atoms with E-state index in [0.717, 1.165) is 0 Å². The normalized spacial score (nSPS) is 25.3. The number of hydrogen-bond donors (Lipinski definition) is 1. The van der Waals surface area contributed by atoms with Gasteiger partial charge in [-0.1, -0.05) is 17.7 Å². The first-order valence-corrected chi connectivity index (χ1v) is 7.23. The lowest BCUT2D eigenvalue weighted by Crippen LogP contribution is -2.50. The molecule has 4 nitrogen and oxygen atoms in total.